The van der Waals surface area contributed by atoms with Crippen LogP contribution in [0.25, 0.3) is 0 Å². The summed E-state index contributed by atoms with van der Waals surface area (Å²) in [5.41, 5.74) is 6.03. The van der Waals surface area contributed by atoms with Crippen LogP contribution >= 0.6 is 0 Å². The van der Waals surface area contributed by atoms with Gasteiger partial charge in [-0.25, -0.2) is 0 Å². The van der Waals surface area contributed by atoms with Gasteiger partial charge in [-0.05, 0) is 51.0 Å². The summed E-state index contributed by atoms with van der Waals surface area (Å²) in [7, 11) is 0. The van der Waals surface area contributed by atoms with E-state index in [0.717, 1.165) is 25.3 Å². The van der Waals surface area contributed by atoms with Crippen LogP contribution in [0.2, 0.25) is 0 Å². The molecule has 1 aliphatic carbocycles. The average Bonchev–Trinajstić information content (AvgIpc) is 2.81. The van der Waals surface area contributed by atoms with E-state index in [4.69, 9.17) is 5.73 Å². The van der Waals surface area contributed by atoms with Crippen molar-refractivity contribution in [1.82, 2.24) is 10.2 Å². The van der Waals surface area contributed by atoms with Crippen LogP contribution in [0, 0.1) is 11.8 Å². The number of piperidine rings is 1. The Morgan fingerprint density at radius 2 is 2.15 bits per heavy atom. The molecule has 0 bridgehead atoms. The first kappa shape index (κ1) is 15.8. The van der Waals surface area contributed by atoms with E-state index < -0.39 is 0 Å². The smallest absolute Gasteiger partial charge is 0.220 e. The lowest BCUT2D eigenvalue weighted by Gasteiger charge is -2.35. The van der Waals surface area contributed by atoms with Crippen LogP contribution in [0.4, 0.5) is 0 Å². The molecule has 20 heavy (non-hydrogen) atoms. The molecule has 2 rings (SSSR count). The number of carbonyl (C=O) groups excluding carboxylic acids is 1. The predicted octanol–water partition coefficient (Wildman–Crippen LogP) is 1.74. The highest BCUT2D eigenvalue weighted by atomic mass is 16.1. The highest BCUT2D eigenvalue weighted by Gasteiger charge is 2.26. The molecule has 0 spiro atoms. The van der Waals surface area contributed by atoms with Crippen molar-refractivity contribution in [1.29, 1.82) is 0 Å². The van der Waals surface area contributed by atoms with Crippen molar-refractivity contribution < 1.29 is 4.79 Å². The van der Waals surface area contributed by atoms with Gasteiger partial charge >= 0.3 is 0 Å². The lowest BCUT2D eigenvalue weighted by Crippen LogP contribution is -2.46. The second-order valence-electron chi connectivity index (χ2n) is 6.95. The van der Waals surface area contributed by atoms with Crippen molar-refractivity contribution in [2.45, 2.75) is 64.5 Å². The average molecular weight is 281 g/mol. The van der Waals surface area contributed by atoms with Crippen molar-refractivity contribution >= 4 is 5.91 Å². The van der Waals surface area contributed by atoms with E-state index in [1.807, 2.05) is 0 Å². The molecule has 4 atom stereocenters. The van der Waals surface area contributed by atoms with Gasteiger partial charge in [0.1, 0.15) is 0 Å². The molecule has 0 aromatic heterocycles. The van der Waals surface area contributed by atoms with Gasteiger partial charge in [0.05, 0.1) is 0 Å². The van der Waals surface area contributed by atoms with Gasteiger partial charge in [-0.1, -0.05) is 13.3 Å². The molecular weight excluding hydrogens is 250 g/mol. The second-order valence-corrected chi connectivity index (χ2v) is 6.95. The van der Waals surface area contributed by atoms with Crippen LogP contribution in [0.1, 0.15) is 52.4 Å². The fourth-order valence-corrected chi connectivity index (χ4v) is 3.65. The lowest BCUT2D eigenvalue weighted by molar-refractivity contribution is -0.122. The third-order valence-electron chi connectivity index (χ3n) is 5.07. The Morgan fingerprint density at radius 3 is 2.80 bits per heavy atom. The highest BCUT2D eigenvalue weighted by Crippen LogP contribution is 2.26. The zero-order valence-corrected chi connectivity index (χ0v) is 13.1. The minimum atomic E-state index is 0.184. The Hall–Kier alpha value is -0.610. The van der Waals surface area contributed by atoms with Crippen LogP contribution in [0.5, 0.6) is 0 Å². The molecule has 0 aromatic carbocycles. The molecule has 4 heteroatoms. The first-order valence-corrected chi connectivity index (χ1v) is 8.32. The molecule has 1 heterocycles. The summed E-state index contributed by atoms with van der Waals surface area (Å²) < 4.78 is 0. The van der Waals surface area contributed by atoms with Crippen molar-refractivity contribution in [3.8, 4) is 0 Å². The monoisotopic (exact) mass is 281 g/mol. The first-order chi connectivity index (χ1) is 9.56. The van der Waals surface area contributed by atoms with E-state index in [9.17, 15) is 4.79 Å². The number of nitrogens with zero attached hydrogens (tertiary/aromatic N) is 1. The largest absolute Gasteiger partial charge is 0.355 e. The zero-order valence-electron chi connectivity index (χ0n) is 13.1. The molecular formula is C16H31N3O. The van der Waals surface area contributed by atoms with Crippen LogP contribution in [0.15, 0.2) is 0 Å². The Kier molecular flexibility index (Phi) is 5.85. The quantitative estimate of drug-likeness (QED) is 0.807. The third-order valence-corrected chi connectivity index (χ3v) is 5.07. The van der Waals surface area contributed by atoms with E-state index in [-0.39, 0.29) is 11.9 Å². The summed E-state index contributed by atoms with van der Waals surface area (Å²) in [6, 6.07) is 0.681. The maximum Gasteiger partial charge on any atom is 0.220 e. The molecule has 3 N–H and O–H groups in total. The summed E-state index contributed by atoms with van der Waals surface area (Å²) in [4.78, 5) is 14.5. The van der Waals surface area contributed by atoms with E-state index in [1.165, 1.54) is 32.4 Å². The van der Waals surface area contributed by atoms with Crippen LogP contribution in [-0.4, -0.2) is 42.5 Å². The first-order valence-electron chi connectivity index (χ1n) is 8.32. The topological polar surface area (TPSA) is 58.4 Å². The van der Waals surface area contributed by atoms with Crippen LogP contribution in [-0.2, 0) is 4.79 Å². The second kappa shape index (κ2) is 7.41. The van der Waals surface area contributed by atoms with Gasteiger partial charge in [-0.15, -0.1) is 0 Å². The number of carbonyl (C=O) groups is 1. The standard InChI is InChI=1S/C16H31N3O/c1-12-5-4-8-19(11-12)13(2)10-18-16(20)9-14-6-3-7-15(14)17/h12-15H,3-11,17H2,1-2H3,(H,18,20)/t12?,13?,14-,15+/m0/s1. The molecule has 2 fully saturated rings. The van der Waals surface area contributed by atoms with E-state index in [1.54, 1.807) is 0 Å². The number of hydrogen-bond acceptors (Lipinski definition) is 3. The van der Waals surface area contributed by atoms with Crippen LogP contribution < -0.4 is 11.1 Å². The summed E-state index contributed by atoms with van der Waals surface area (Å²) in [6.45, 7) is 7.66. The molecule has 1 aliphatic heterocycles. The molecule has 2 unspecified atom stereocenters. The normalized spacial score (nSPS) is 33.0. The fourth-order valence-electron chi connectivity index (χ4n) is 3.65. The molecule has 1 amide bonds. The highest BCUT2D eigenvalue weighted by molar-refractivity contribution is 5.76. The maximum absolute atomic E-state index is 12.0. The van der Waals surface area contributed by atoms with Gasteiger partial charge in [0.2, 0.25) is 5.91 Å². The predicted molar refractivity (Wildman–Crippen MR) is 82.4 cm³/mol. The Labute approximate surface area is 123 Å². The number of likely N-dealkylation sites (tertiary alicyclic amines) is 1. The molecule has 2 aliphatic rings. The molecule has 0 aromatic rings. The zero-order chi connectivity index (χ0) is 14.5. The van der Waals surface area contributed by atoms with Crippen molar-refractivity contribution in [3.63, 3.8) is 0 Å². The number of amides is 1. The van der Waals surface area contributed by atoms with Gasteiger partial charge < -0.3 is 11.1 Å². The summed E-state index contributed by atoms with van der Waals surface area (Å²) >= 11 is 0. The minimum Gasteiger partial charge on any atom is -0.355 e. The fraction of sp³-hybridized carbons (Fsp3) is 0.938. The molecule has 4 nitrogen and oxygen atoms in total. The van der Waals surface area contributed by atoms with Gasteiger partial charge in [0.25, 0.3) is 0 Å². The molecule has 0 radical (unpaired) electrons. The number of rotatable bonds is 5. The van der Waals surface area contributed by atoms with Gasteiger partial charge in [-0.2, -0.15) is 0 Å². The van der Waals surface area contributed by atoms with Crippen molar-refractivity contribution in [2.75, 3.05) is 19.6 Å². The Morgan fingerprint density at radius 1 is 1.35 bits per heavy atom. The number of nitrogens with one attached hydrogen (secondary N) is 1. The van der Waals surface area contributed by atoms with Gasteiger partial charge in [0.15, 0.2) is 0 Å². The summed E-state index contributed by atoms with van der Waals surface area (Å²) in [5, 5.41) is 3.11. The van der Waals surface area contributed by atoms with Gasteiger partial charge in [-0.3, -0.25) is 9.69 Å². The van der Waals surface area contributed by atoms with Crippen molar-refractivity contribution in [3.05, 3.63) is 0 Å². The minimum absolute atomic E-state index is 0.184. The van der Waals surface area contributed by atoms with E-state index in [0.29, 0.717) is 18.4 Å². The van der Waals surface area contributed by atoms with E-state index >= 15 is 0 Å². The van der Waals surface area contributed by atoms with Crippen molar-refractivity contribution in [2.24, 2.45) is 17.6 Å². The lowest BCUT2D eigenvalue weighted by atomic mass is 9.98. The number of hydrogen-bond donors (Lipinski definition) is 2. The molecule has 116 valence electrons. The summed E-state index contributed by atoms with van der Waals surface area (Å²) in [6.07, 6.45) is 6.63. The number of nitrogens with two attached hydrogens (primary N) is 1. The molecule has 1 saturated heterocycles. The Balaban J connectivity index is 1.67. The summed E-state index contributed by atoms with van der Waals surface area (Å²) in [5.74, 6) is 1.38. The third kappa shape index (κ3) is 4.45. The van der Waals surface area contributed by atoms with E-state index in [2.05, 4.69) is 24.1 Å². The Bertz CT molecular complexity index is 321. The van der Waals surface area contributed by atoms with Gasteiger partial charge in [0, 0.05) is 31.6 Å². The SMILES string of the molecule is CC1CCCN(C(C)CNC(=O)C[C@@H]2CCC[C@H]2N)C1. The van der Waals surface area contributed by atoms with Crippen LogP contribution in [0.3, 0.4) is 0 Å². The maximum atomic E-state index is 12.0. The molecule has 1 saturated carbocycles.